The molecule has 1 aliphatic heterocycles. The van der Waals surface area contributed by atoms with Crippen molar-refractivity contribution in [1.82, 2.24) is 9.80 Å². The fourth-order valence-electron chi connectivity index (χ4n) is 4.61. The van der Waals surface area contributed by atoms with E-state index in [0.717, 1.165) is 36.8 Å². The van der Waals surface area contributed by atoms with E-state index in [9.17, 15) is 19.2 Å². The van der Waals surface area contributed by atoms with Crippen molar-refractivity contribution in [2.75, 3.05) is 13.7 Å². The molecule has 11 heteroatoms. The van der Waals surface area contributed by atoms with Crippen LogP contribution >= 0.6 is 11.3 Å². The van der Waals surface area contributed by atoms with Crippen molar-refractivity contribution in [2.24, 2.45) is 10.7 Å². The number of thiophene rings is 1. The van der Waals surface area contributed by atoms with Gasteiger partial charge in [0.2, 0.25) is 5.91 Å². The van der Waals surface area contributed by atoms with Gasteiger partial charge in [0.1, 0.15) is 12.3 Å². The van der Waals surface area contributed by atoms with Crippen LogP contribution in [-0.4, -0.2) is 77.3 Å². The van der Waals surface area contributed by atoms with E-state index in [2.05, 4.69) is 16.7 Å². The molecule has 0 bridgehead atoms. The lowest BCUT2D eigenvalue weighted by Gasteiger charge is -2.36. The zero-order valence-electron chi connectivity index (χ0n) is 20.1. The molecule has 2 atom stereocenters. The molecule has 3 rings (SSSR count). The van der Waals surface area contributed by atoms with Crippen LogP contribution in [0.25, 0.3) is 0 Å². The van der Waals surface area contributed by atoms with Gasteiger partial charge >= 0.3 is 5.97 Å². The second-order valence-corrected chi connectivity index (χ2v) is 9.75. The van der Waals surface area contributed by atoms with Crippen molar-refractivity contribution in [3.63, 3.8) is 0 Å². The number of carbonyl (C=O) groups excluding carboxylic acids is 4. The third-order valence-electron chi connectivity index (χ3n) is 6.45. The predicted molar refractivity (Wildman–Crippen MR) is 133 cm³/mol. The van der Waals surface area contributed by atoms with Crippen molar-refractivity contribution in [2.45, 2.75) is 70.0 Å². The summed E-state index contributed by atoms with van der Waals surface area (Å²) in [6.07, 6.45) is 6.30. The molecule has 2 aliphatic rings. The number of hydrogen-bond donors (Lipinski definition) is 2. The normalized spacial score (nSPS) is 19.5. The molecule has 1 saturated carbocycles. The van der Waals surface area contributed by atoms with Gasteiger partial charge in [-0.05, 0) is 45.1 Å². The van der Waals surface area contributed by atoms with E-state index in [1.807, 2.05) is 0 Å². The number of hydrogen-bond acceptors (Lipinski definition) is 8. The summed E-state index contributed by atoms with van der Waals surface area (Å²) in [5.41, 5.74) is 6.29. The average Bonchev–Trinajstić information content (AvgIpc) is 3.49. The SMILES string of the molecule is [CH2]c1c(C(=O)N(C(=O)[C@@H]2CCCN2C(=O)[C@H](C)N)C2CCCCC2)csc1C(=N)N=CC(=O)OC. The van der Waals surface area contributed by atoms with Crippen molar-refractivity contribution >= 4 is 47.1 Å². The zero-order chi connectivity index (χ0) is 25.7. The Kier molecular flexibility index (Phi) is 8.90. The first-order valence-corrected chi connectivity index (χ1v) is 12.6. The first kappa shape index (κ1) is 26.7. The lowest BCUT2D eigenvalue weighted by Crippen LogP contribution is -2.55. The van der Waals surface area contributed by atoms with Crippen LogP contribution in [0.4, 0.5) is 0 Å². The van der Waals surface area contributed by atoms with Crippen LogP contribution in [0.1, 0.15) is 72.7 Å². The predicted octanol–water partition coefficient (Wildman–Crippen LogP) is 2.14. The molecule has 189 valence electrons. The van der Waals surface area contributed by atoms with Crippen molar-refractivity contribution in [1.29, 1.82) is 5.41 Å². The van der Waals surface area contributed by atoms with Crippen LogP contribution < -0.4 is 5.73 Å². The molecule has 0 unspecified atom stereocenters. The minimum absolute atomic E-state index is 0.213. The molecule has 10 nitrogen and oxygen atoms in total. The number of aliphatic imine (C=N–C) groups is 1. The number of amides is 3. The summed E-state index contributed by atoms with van der Waals surface area (Å²) < 4.78 is 4.49. The molecule has 3 N–H and O–H groups in total. The van der Waals surface area contributed by atoms with Crippen LogP contribution in [0.3, 0.4) is 0 Å². The Morgan fingerprint density at radius 2 is 1.94 bits per heavy atom. The zero-order valence-corrected chi connectivity index (χ0v) is 20.9. The van der Waals surface area contributed by atoms with Crippen molar-refractivity contribution in [3.8, 4) is 0 Å². The van der Waals surface area contributed by atoms with Crippen LogP contribution in [-0.2, 0) is 19.1 Å². The maximum absolute atomic E-state index is 13.8. The number of methoxy groups -OCH3 is 1. The molecule has 1 aromatic rings. The van der Waals surface area contributed by atoms with Crippen LogP contribution in [0.2, 0.25) is 0 Å². The average molecular weight is 503 g/mol. The monoisotopic (exact) mass is 502 g/mol. The van der Waals surface area contributed by atoms with Gasteiger partial charge in [0.15, 0.2) is 5.84 Å². The molecule has 0 spiro atoms. The highest BCUT2D eigenvalue weighted by Gasteiger charge is 2.42. The summed E-state index contributed by atoms with van der Waals surface area (Å²) in [6, 6.07) is -1.73. The Morgan fingerprint density at radius 3 is 2.57 bits per heavy atom. The van der Waals surface area contributed by atoms with E-state index < -0.39 is 24.0 Å². The molecular weight excluding hydrogens is 470 g/mol. The Balaban J connectivity index is 1.91. The molecule has 1 aromatic heterocycles. The molecule has 3 amide bonds. The van der Waals surface area contributed by atoms with Crippen LogP contribution in [0, 0.1) is 12.3 Å². The minimum Gasteiger partial charge on any atom is -0.465 e. The van der Waals surface area contributed by atoms with Gasteiger partial charge in [0.05, 0.1) is 23.6 Å². The number of nitrogens with two attached hydrogens (primary N) is 1. The highest BCUT2D eigenvalue weighted by Crippen LogP contribution is 2.31. The number of nitrogens with one attached hydrogen (secondary N) is 1. The number of amidine groups is 1. The standard InChI is InChI=1S/C24H32N5O5S/c1-14-17(13-35-20(14)21(26)27-12-19(30)34-3)23(32)29(16-8-5-4-6-9-16)24(33)18-10-7-11-28(18)22(31)15(2)25/h12-13,15-16,18,26H,1,4-11,25H2,2-3H3/t15-,18-/m0/s1. The second-order valence-electron chi connectivity index (χ2n) is 8.87. The number of nitrogens with zero attached hydrogens (tertiary/aromatic N) is 3. The van der Waals surface area contributed by atoms with Crippen LogP contribution in [0.15, 0.2) is 10.4 Å². The first-order valence-electron chi connectivity index (χ1n) is 11.7. The third-order valence-corrected chi connectivity index (χ3v) is 7.48. The summed E-state index contributed by atoms with van der Waals surface area (Å²) in [4.78, 5) is 58.4. The largest absolute Gasteiger partial charge is 0.465 e. The highest BCUT2D eigenvalue weighted by atomic mass is 32.1. The molecule has 2 heterocycles. The van der Waals surface area contributed by atoms with E-state index in [-0.39, 0.29) is 34.8 Å². The minimum atomic E-state index is -0.732. The number of rotatable bonds is 6. The number of likely N-dealkylation sites (tertiary alicyclic amines) is 1. The van der Waals surface area contributed by atoms with Gasteiger partial charge in [-0.3, -0.25) is 24.7 Å². The summed E-state index contributed by atoms with van der Waals surface area (Å²) >= 11 is 1.10. The molecule has 1 radical (unpaired) electrons. The van der Waals surface area contributed by atoms with Gasteiger partial charge in [0.25, 0.3) is 11.8 Å². The Labute approximate surface area is 209 Å². The van der Waals surface area contributed by atoms with E-state index in [4.69, 9.17) is 11.1 Å². The second kappa shape index (κ2) is 11.7. The van der Waals surface area contributed by atoms with Gasteiger partial charge in [-0.2, -0.15) is 0 Å². The van der Waals surface area contributed by atoms with E-state index in [1.165, 1.54) is 16.9 Å². The number of imide groups is 1. The molecule has 0 aromatic carbocycles. The van der Waals surface area contributed by atoms with Gasteiger partial charge in [0, 0.05) is 18.0 Å². The van der Waals surface area contributed by atoms with Gasteiger partial charge < -0.3 is 15.4 Å². The molecular formula is C24H32N5O5S. The van der Waals surface area contributed by atoms with E-state index in [0.29, 0.717) is 37.1 Å². The number of ether oxygens (including phenoxy) is 1. The lowest BCUT2D eigenvalue weighted by molar-refractivity contribution is -0.144. The maximum Gasteiger partial charge on any atom is 0.349 e. The quantitative estimate of drug-likeness (QED) is 0.264. The lowest BCUT2D eigenvalue weighted by atomic mass is 9.92. The number of esters is 1. The number of carbonyl (C=O) groups is 4. The fourth-order valence-corrected chi connectivity index (χ4v) is 5.51. The van der Waals surface area contributed by atoms with Crippen LogP contribution in [0.5, 0.6) is 0 Å². The van der Waals surface area contributed by atoms with Gasteiger partial charge in [-0.1, -0.05) is 19.3 Å². The Bertz CT molecular complexity index is 1030. The highest BCUT2D eigenvalue weighted by molar-refractivity contribution is 7.12. The first-order chi connectivity index (χ1) is 16.7. The summed E-state index contributed by atoms with van der Waals surface area (Å²) in [5, 5.41) is 9.71. The third kappa shape index (κ3) is 5.84. The molecule has 35 heavy (non-hydrogen) atoms. The van der Waals surface area contributed by atoms with Gasteiger partial charge in [-0.25, -0.2) is 9.79 Å². The van der Waals surface area contributed by atoms with Gasteiger partial charge in [-0.15, -0.1) is 11.3 Å². The smallest absolute Gasteiger partial charge is 0.349 e. The summed E-state index contributed by atoms with van der Waals surface area (Å²) in [6.45, 7) is 5.98. The fraction of sp³-hybridized carbons (Fsp3) is 0.542. The Morgan fingerprint density at radius 1 is 1.26 bits per heavy atom. The van der Waals surface area contributed by atoms with Crippen molar-refractivity contribution in [3.05, 3.63) is 28.3 Å². The van der Waals surface area contributed by atoms with Crippen molar-refractivity contribution < 1.29 is 23.9 Å². The molecule has 1 saturated heterocycles. The van der Waals surface area contributed by atoms with E-state index in [1.54, 1.807) is 12.3 Å². The Hall–Kier alpha value is -2.92. The topological polar surface area (TPSA) is 146 Å². The summed E-state index contributed by atoms with van der Waals surface area (Å²) in [5.74, 6) is -2.11. The van der Waals surface area contributed by atoms with E-state index >= 15 is 0 Å². The molecule has 1 aliphatic carbocycles. The molecule has 2 fully saturated rings. The maximum atomic E-state index is 13.8. The summed E-state index contributed by atoms with van der Waals surface area (Å²) in [7, 11) is 1.21.